The maximum Gasteiger partial charge on any atom is 0.122 e. The van der Waals surface area contributed by atoms with E-state index in [1.165, 1.54) is 12.8 Å². The zero-order chi connectivity index (χ0) is 16.4. The molecule has 0 aliphatic carbocycles. The van der Waals surface area contributed by atoms with Crippen molar-refractivity contribution in [2.45, 2.75) is 38.3 Å². The summed E-state index contributed by atoms with van der Waals surface area (Å²) in [6.45, 7) is 4.11. The van der Waals surface area contributed by atoms with Crippen molar-refractivity contribution in [3.05, 3.63) is 42.5 Å². The molecule has 128 valence electrons. The first-order chi connectivity index (χ1) is 11.7. The van der Waals surface area contributed by atoms with E-state index in [4.69, 9.17) is 4.74 Å². The Kier molecular flexibility index (Phi) is 4.33. The van der Waals surface area contributed by atoms with Crippen molar-refractivity contribution < 1.29 is 4.74 Å². The SMILES string of the molecule is Cn1ccnc1CN1CCC2(CC1)COC(Cc1cnccn1)C2. The molecule has 2 fully saturated rings. The molecule has 0 bridgehead atoms. The van der Waals surface area contributed by atoms with Crippen LogP contribution >= 0.6 is 0 Å². The molecule has 0 N–H and O–H groups in total. The number of piperidine rings is 1. The second-order valence-corrected chi connectivity index (χ2v) is 7.27. The van der Waals surface area contributed by atoms with Gasteiger partial charge in [-0.2, -0.15) is 0 Å². The zero-order valence-corrected chi connectivity index (χ0v) is 14.3. The lowest BCUT2D eigenvalue weighted by Gasteiger charge is -2.38. The number of rotatable bonds is 4. The van der Waals surface area contributed by atoms with Crippen LogP contribution in [0.25, 0.3) is 0 Å². The van der Waals surface area contributed by atoms with Crippen molar-refractivity contribution >= 4 is 0 Å². The molecule has 0 amide bonds. The molecular formula is C18H25N5O. The molecule has 4 rings (SSSR count). The van der Waals surface area contributed by atoms with E-state index in [0.29, 0.717) is 11.5 Å². The highest BCUT2D eigenvalue weighted by Gasteiger charge is 2.42. The van der Waals surface area contributed by atoms with Gasteiger partial charge in [0.1, 0.15) is 5.82 Å². The number of aromatic nitrogens is 4. The highest BCUT2D eigenvalue weighted by atomic mass is 16.5. The molecule has 2 aromatic rings. The first-order valence-corrected chi connectivity index (χ1v) is 8.78. The number of imidazole rings is 1. The van der Waals surface area contributed by atoms with Gasteiger partial charge in [-0.3, -0.25) is 14.9 Å². The van der Waals surface area contributed by atoms with E-state index < -0.39 is 0 Å². The van der Waals surface area contributed by atoms with Gasteiger partial charge in [-0.15, -0.1) is 0 Å². The lowest BCUT2D eigenvalue weighted by atomic mass is 9.76. The summed E-state index contributed by atoms with van der Waals surface area (Å²) < 4.78 is 8.22. The number of hydrogen-bond donors (Lipinski definition) is 0. The number of aryl methyl sites for hydroxylation is 1. The van der Waals surface area contributed by atoms with Gasteiger partial charge in [0, 0.05) is 44.5 Å². The van der Waals surface area contributed by atoms with Crippen LogP contribution in [-0.2, 0) is 24.8 Å². The summed E-state index contributed by atoms with van der Waals surface area (Å²) in [4.78, 5) is 15.5. The first kappa shape index (κ1) is 15.7. The highest BCUT2D eigenvalue weighted by Crippen LogP contribution is 2.42. The van der Waals surface area contributed by atoms with E-state index in [9.17, 15) is 0 Å². The summed E-state index contributed by atoms with van der Waals surface area (Å²) in [6.07, 6.45) is 14.0. The lowest BCUT2D eigenvalue weighted by Crippen LogP contribution is -2.40. The van der Waals surface area contributed by atoms with Crippen LogP contribution in [0.4, 0.5) is 0 Å². The number of likely N-dealkylation sites (tertiary alicyclic amines) is 1. The van der Waals surface area contributed by atoms with Crippen LogP contribution in [0, 0.1) is 5.41 Å². The van der Waals surface area contributed by atoms with E-state index >= 15 is 0 Å². The molecule has 2 aliphatic rings. The molecule has 2 saturated heterocycles. The average Bonchev–Trinajstić information content (AvgIpc) is 3.18. The molecule has 1 unspecified atom stereocenters. The normalized spacial score (nSPS) is 23.8. The summed E-state index contributed by atoms with van der Waals surface area (Å²) in [6, 6.07) is 0. The van der Waals surface area contributed by atoms with Crippen molar-refractivity contribution in [2.75, 3.05) is 19.7 Å². The smallest absolute Gasteiger partial charge is 0.122 e. The number of hydrogen-bond acceptors (Lipinski definition) is 5. The van der Waals surface area contributed by atoms with Gasteiger partial charge >= 0.3 is 0 Å². The third-order valence-electron chi connectivity index (χ3n) is 5.54. The van der Waals surface area contributed by atoms with Crippen LogP contribution in [0.3, 0.4) is 0 Å². The fourth-order valence-corrected chi connectivity index (χ4v) is 3.98. The van der Waals surface area contributed by atoms with Crippen molar-refractivity contribution in [1.82, 2.24) is 24.4 Å². The van der Waals surface area contributed by atoms with Gasteiger partial charge in [0.2, 0.25) is 0 Å². The van der Waals surface area contributed by atoms with Crippen LogP contribution in [0.15, 0.2) is 31.0 Å². The monoisotopic (exact) mass is 327 g/mol. The Morgan fingerprint density at radius 3 is 2.79 bits per heavy atom. The quantitative estimate of drug-likeness (QED) is 0.857. The Hall–Kier alpha value is -1.79. The zero-order valence-electron chi connectivity index (χ0n) is 14.3. The van der Waals surface area contributed by atoms with E-state index in [1.54, 1.807) is 12.4 Å². The minimum Gasteiger partial charge on any atom is -0.377 e. The Bertz CT molecular complexity index is 663. The third kappa shape index (κ3) is 3.35. The second kappa shape index (κ2) is 6.61. The third-order valence-corrected chi connectivity index (χ3v) is 5.54. The molecular weight excluding hydrogens is 302 g/mol. The predicted molar refractivity (Wildman–Crippen MR) is 90.2 cm³/mol. The van der Waals surface area contributed by atoms with Gasteiger partial charge in [-0.25, -0.2) is 4.98 Å². The molecule has 2 aromatic heterocycles. The summed E-state index contributed by atoms with van der Waals surface area (Å²) in [5, 5.41) is 0. The van der Waals surface area contributed by atoms with E-state index in [2.05, 4.69) is 31.5 Å². The maximum absolute atomic E-state index is 6.11. The van der Waals surface area contributed by atoms with E-state index in [1.807, 2.05) is 18.6 Å². The lowest BCUT2D eigenvalue weighted by molar-refractivity contribution is 0.0620. The Morgan fingerprint density at radius 2 is 2.08 bits per heavy atom. The average molecular weight is 327 g/mol. The Balaban J connectivity index is 1.30. The minimum atomic E-state index is 0.294. The minimum absolute atomic E-state index is 0.294. The molecule has 24 heavy (non-hydrogen) atoms. The van der Waals surface area contributed by atoms with Gasteiger partial charge in [-0.1, -0.05) is 0 Å². The van der Waals surface area contributed by atoms with Crippen molar-refractivity contribution in [1.29, 1.82) is 0 Å². The van der Waals surface area contributed by atoms with Gasteiger partial charge in [0.15, 0.2) is 0 Å². The molecule has 0 radical (unpaired) electrons. The van der Waals surface area contributed by atoms with Crippen LogP contribution in [0.2, 0.25) is 0 Å². The molecule has 6 heteroatoms. The second-order valence-electron chi connectivity index (χ2n) is 7.27. The van der Waals surface area contributed by atoms with Crippen LogP contribution in [0.1, 0.15) is 30.8 Å². The molecule has 2 aliphatic heterocycles. The Morgan fingerprint density at radius 1 is 1.21 bits per heavy atom. The van der Waals surface area contributed by atoms with Crippen LogP contribution in [0.5, 0.6) is 0 Å². The molecule has 0 saturated carbocycles. The number of ether oxygens (including phenoxy) is 1. The fraction of sp³-hybridized carbons (Fsp3) is 0.611. The molecule has 0 aromatic carbocycles. The van der Waals surface area contributed by atoms with Gasteiger partial charge in [0.25, 0.3) is 0 Å². The van der Waals surface area contributed by atoms with Crippen molar-refractivity contribution in [3.8, 4) is 0 Å². The van der Waals surface area contributed by atoms with Gasteiger partial charge < -0.3 is 9.30 Å². The summed E-state index contributed by atoms with van der Waals surface area (Å²) in [5.74, 6) is 1.15. The topological polar surface area (TPSA) is 56.1 Å². The van der Waals surface area contributed by atoms with E-state index in [-0.39, 0.29) is 0 Å². The summed E-state index contributed by atoms with van der Waals surface area (Å²) in [5.41, 5.74) is 1.40. The Labute approximate surface area is 142 Å². The highest BCUT2D eigenvalue weighted by molar-refractivity contribution is 5.01. The largest absolute Gasteiger partial charge is 0.377 e. The molecule has 4 heterocycles. The summed E-state index contributed by atoms with van der Waals surface area (Å²) in [7, 11) is 2.07. The molecule has 1 atom stereocenters. The maximum atomic E-state index is 6.11. The van der Waals surface area contributed by atoms with Crippen molar-refractivity contribution in [2.24, 2.45) is 12.5 Å². The van der Waals surface area contributed by atoms with Crippen molar-refractivity contribution in [3.63, 3.8) is 0 Å². The van der Waals surface area contributed by atoms with Gasteiger partial charge in [0.05, 0.1) is 24.9 Å². The van der Waals surface area contributed by atoms with E-state index in [0.717, 1.165) is 50.6 Å². The predicted octanol–water partition coefficient (Wildman–Crippen LogP) is 1.82. The summed E-state index contributed by atoms with van der Waals surface area (Å²) >= 11 is 0. The molecule has 1 spiro atoms. The van der Waals surface area contributed by atoms with Crippen LogP contribution < -0.4 is 0 Å². The fourth-order valence-electron chi connectivity index (χ4n) is 3.98. The van der Waals surface area contributed by atoms with Gasteiger partial charge in [-0.05, 0) is 37.8 Å². The van der Waals surface area contributed by atoms with Crippen LogP contribution in [-0.4, -0.2) is 50.2 Å². The standard InChI is InChI=1S/C18H25N5O/c1-22-9-6-21-17(22)13-23-7-2-18(3-8-23)11-16(24-14-18)10-15-12-19-4-5-20-15/h4-6,9,12,16H,2-3,7-8,10-11,13-14H2,1H3. The molecule has 6 nitrogen and oxygen atoms in total. The number of nitrogens with zero attached hydrogens (tertiary/aromatic N) is 5. The first-order valence-electron chi connectivity index (χ1n) is 8.78.